The Morgan fingerprint density at radius 2 is 1.89 bits per heavy atom. The Morgan fingerprint density at radius 3 is 2.47 bits per heavy atom. The second kappa shape index (κ2) is 5.43. The van der Waals surface area contributed by atoms with Gasteiger partial charge < -0.3 is 20.7 Å². The van der Waals surface area contributed by atoms with Crippen molar-refractivity contribution in [3.8, 4) is 5.75 Å². The van der Waals surface area contributed by atoms with Crippen LogP contribution in [0.25, 0.3) is 0 Å². The van der Waals surface area contributed by atoms with E-state index in [0.717, 1.165) is 17.3 Å². The standard InChI is InChI=1S/C13H17N5O/c1-15-11-8-12(17-13(14)16-11)18(2)9-4-6-10(19-3)7-5-9/h4-8H,1-3H3,(H3,14,15,16,17). The van der Waals surface area contributed by atoms with E-state index < -0.39 is 0 Å². The maximum Gasteiger partial charge on any atom is 0.223 e. The van der Waals surface area contributed by atoms with Crippen LogP contribution >= 0.6 is 0 Å². The zero-order valence-corrected chi connectivity index (χ0v) is 11.2. The van der Waals surface area contributed by atoms with Crippen LogP contribution in [0.4, 0.5) is 23.3 Å². The van der Waals surface area contributed by atoms with E-state index in [-0.39, 0.29) is 5.95 Å². The molecule has 100 valence electrons. The highest BCUT2D eigenvalue weighted by molar-refractivity contribution is 5.63. The molecule has 6 heteroatoms. The van der Waals surface area contributed by atoms with E-state index in [1.54, 1.807) is 14.2 Å². The minimum absolute atomic E-state index is 0.238. The SMILES string of the molecule is CNc1cc(N(C)c2ccc(OC)cc2)nc(N)n1. The van der Waals surface area contributed by atoms with E-state index >= 15 is 0 Å². The predicted molar refractivity (Wildman–Crippen MR) is 77.0 cm³/mol. The van der Waals surface area contributed by atoms with Gasteiger partial charge in [0.25, 0.3) is 0 Å². The Labute approximate surface area is 112 Å². The topological polar surface area (TPSA) is 76.3 Å². The maximum atomic E-state index is 5.69. The molecule has 0 aliphatic carbocycles. The van der Waals surface area contributed by atoms with Gasteiger partial charge in [-0.15, -0.1) is 0 Å². The first-order valence-electron chi connectivity index (χ1n) is 5.84. The first-order chi connectivity index (χ1) is 9.13. The Balaban J connectivity index is 2.31. The summed E-state index contributed by atoms with van der Waals surface area (Å²) in [5, 5.41) is 2.95. The van der Waals surface area contributed by atoms with Crippen LogP contribution in [0, 0.1) is 0 Å². The zero-order valence-electron chi connectivity index (χ0n) is 11.2. The van der Waals surface area contributed by atoms with Crippen molar-refractivity contribution < 1.29 is 4.74 Å². The van der Waals surface area contributed by atoms with E-state index in [0.29, 0.717) is 5.82 Å². The number of nitrogen functional groups attached to an aromatic ring is 1. The molecule has 0 atom stereocenters. The lowest BCUT2D eigenvalue weighted by Crippen LogP contribution is -2.13. The highest BCUT2D eigenvalue weighted by Gasteiger charge is 2.08. The van der Waals surface area contributed by atoms with Crippen LogP contribution in [0.3, 0.4) is 0 Å². The molecule has 0 saturated carbocycles. The quantitative estimate of drug-likeness (QED) is 0.873. The van der Waals surface area contributed by atoms with Gasteiger partial charge in [0, 0.05) is 25.8 Å². The van der Waals surface area contributed by atoms with E-state index in [2.05, 4.69) is 15.3 Å². The number of hydrogen-bond donors (Lipinski definition) is 2. The van der Waals surface area contributed by atoms with Gasteiger partial charge in [-0.3, -0.25) is 0 Å². The van der Waals surface area contributed by atoms with Gasteiger partial charge >= 0.3 is 0 Å². The Kier molecular flexibility index (Phi) is 3.70. The van der Waals surface area contributed by atoms with E-state index in [9.17, 15) is 0 Å². The summed E-state index contributed by atoms with van der Waals surface area (Å²) in [6.45, 7) is 0. The summed E-state index contributed by atoms with van der Waals surface area (Å²) in [4.78, 5) is 10.2. The van der Waals surface area contributed by atoms with Crippen molar-refractivity contribution in [3.63, 3.8) is 0 Å². The fraction of sp³-hybridized carbons (Fsp3) is 0.231. The number of benzene rings is 1. The third-order valence-corrected chi connectivity index (χ3v) is 2.79. The van der Waals surface area contributed by atoms with Crippen LogP contribution in [0.15, 0.2) is 30.3 Å². The van der Waals surface area contributed by atoms with Crippen molar-refractivity contribution >= 4 is 23.3 Å². The van der Waals surface area contributed by atoms with Gasteiger partial charge in [0.1, 0.15) is 17.4 Å². The van der Waals surface area contributed by atoms with Gasteiger partial charge in [-0.25, -0.2) is 0 Å². The van der Waals surface area contributed by atoms with Crippen LogP contribution in [-0.2, 0) is 0 Å². The molecular formula is C13H17N5O. The summed E-state index contributed by atoms with van der Waals surface area (Å²) in [5.41, 5.74) is 6.67. The number of aromatic nitrogens is 2. The molecule has 19 heavy (non-hydrogen) atoms. The van der Waals surface area contributed by atoms with Crippen molar-refractivity contribution in [1.82, 2.24) is 9.97 Å². The normalized spacial score (nSPS) is 10.1. The lowest BCUT2D eigenvalue weighted by Gasteiger charge is -2.19. The van der Waals surface area contributed by atoms with Crippen LogP contribution < -0.4 is 20.7 Å². The molecule has 1 aromatic heterocycles. The molecule has 0 aliphatic rings. The molecule has 0 amide bonds. The molecule has 6 nitrogen and oxygen atoms in total. The molecule has 2 aromatic rings. The van der Waals surface area contributed by atoms with Gasteiger partial charge in [-0.1, -0.05) is 0 Å². The largest absolute Gasteiger partial charge is 0.497 e. The third-order valence-electron chi connectivity index (χ3n) is 2.79. The first-order valence-corrected chi connectivity index (χ1v) is 5.84. The molecule has 0 aliphatic heterocycles. The first kappa shape index (κ1) is 12.9. The fourth-order valence-corrected chi connectivity index (χ4v) is 1.69. The van der Waals surface area contributed by atoms with Gasteiger partial charge in [-0.2, -0.15) is 9.97 Å². The lowest BCUT2D eigenvalue weighted by atomic mass is 10.3. The summed E-state index contributed by atoms with van der Waals surface area (Å²) in [5.74, 6) is 2.46. The van der Waals surface area contributed by atoms with Gasteiger partial charge in [0.15, 0.2) is 0 Å². The molecule has 0 bridgehead atoms. The third kappa shape index (κ3) is 2.85. The summed E-state index contributed by atoms with van der Waals surface area (Å²) >= 11 is 0. The second-order valence-electron chi connectivity index (χ2n) is 3.98. The van der Waals surface area contributed by atoms with Crippen molar-refractivity contribution in [2.24, 2.45) is 0 Å². The molecule has 0 fully saturated rings. The highest BCUT2D eigenvalue weighted by atomic mass is 16.5. The number of methoxy groups -OCH3 is 1. The van der Waals surface area contributed by atoms with E-state index in [4.69, 9.17) is 10.5 Å². The molecule has 0 radical (unpaired) electrons. The Bertz CT molecular complexity index is 555. The average Bonchev–Trinajstić information content (AvgIpc) is 2.46. The molecule has 0 unspecified atom stereocenters. The van der Waals surface area contributed by atoms with Crippen molar-refractivity contribution in [2.45, 2.75) is 0 Å². The van der Waals surface area contributed by atoms with E-state index in [1.807, 2.05) is 42.3 Å². The summed E-state index contributed by atoms with van der Waals surface area (Å²) in [6, 6.07) is 9.54. The van der Waals surface area contributed by atoms with Gasteiger partial charge in [-0.05, 0) is 24.3 Å². The molecule has 1 heterocycles. The average molecular weight is 259 g/mol. The number of rotatable bonds is 4. The highest BCUT2D eigenvalue weighted by Crippen LogP contribution is 2.25. The predicted octanol–water partition coefficient (Wildman–Crippen LogP) is 1.88. The number of nitrogens with two attached hydrogens (primary N) is 1. The van der Waals surface area contributed by atoms with Crippen LogP contribution in [0.1, 0.15) is 0 Å². The minimum atomic E-state index is 0.238. The second-order valence-corrected chi connectivity index (χ2v) is 3.98. The smallest absolute Gasteiger partial charge is 0.223 e. The molecule has 0 spiro atoms. The molecule has 2 rings (SSSR count). The van der Waals surface area contributed by atoms with Crippen LogP contribution in [-0.4, -0.2) is 31.2 Å². The molecule has 0 saturated heterocycles. The Hall–Kier alpha value is -2.50. The number of anilines is 4. The minimum Gasteiger partial charge on any atom is -0.497 e. The summed E-state index contributed by atoms with van der Waals surface area (Å²) < 4.78 is 5.14. The number of hydrogen-bond acceptors (Lipinski definition) is 6. The molecular weight excluding hydrogens is 242 g/mol. The van der Waals surface area contributed by atoms with Crippen LogP contribution in [0.2, 0.25) is 0 Å². The van der Waals surface area contributed by atoms with Crippen molar-refractivity contribution in [1.29, 1.82) is 0 Å². The fourth-order valence-electron chi connectivity index (χ4n) is 1.69. The van der Waals surface area contributed by atoms with E-state index in [1.165, 1.54) is 0 Å². The van der Waals surface area contributed by atoms with Crippen molar-refractivity contribution in [2.75, 3.05) is 37.2 Å². The number of ether oxygens (including phenoxy) is 1. The van der Waals surface area contributed by atoms with Crippen LogP contribution in [0.5, 0.6) is 5.75 Å². The lowest BCUT2D eigenvalue weighted by molar-refractivity contribution is 0.415. The maximum absolute atomic E-state index is 5.69. The van der Waals surface area contributed by atoms with Crippen molar-refractivity contribution in [3.05, 3.63) is 30.3 Å². The van der Waals surface area contributed by atoms with Gasteiger partial charge in [0.05, 0.1) is 7.11 Å². The van der Waals surface area contributed by atoms with Gasteiger partial charge in [0.2, 0.25) is 5.95 Å². The summed E-state index contributed by atoms with van der Waals surface area (Å²) in [7, 11) is 5.35. The zero-order chi connectivity index (χ0) is 13.8. The number of nitrogens with zero attached hydrogens (tertiary/aromatic N) is 3. The number of nitrogens with one attached hydrogen (secondary N) is 1. The molecule has 1 aromatic carbocycles. The summed E-state index contributed by atoms with van der Waals surface area (Å²) in [6.07, 6.45) is 0. The Morgan fingerprint density at radius 1 is 1.21 bits per heavy atom. The monoisotopic (exact) mass is 259 g/mol. The molecule has 3 N–H and O–H groups in total.